The van der Waals surface area contributed by atoms with Crippen LogP contribution in [0.15, 0.2) is 8.07 Å². The van der Waals surface area contributed by atoms with Crippen LogP contribution in [0.4, 0.5) is 0 Å². The van der Waals surface area contributed by atoms with E-state index in [1.165, 1.54) is 0 Å². The minimum atomic E-state index is 0.611. The van der Waals surface area contributed by atoms with Gasteiger partial charge in [0.15, 0.2) is 0 Å². The smallest absolute Gasteiger partial charge is 0.110 e. The Labute approximate surface area is 72.6 Å². The first kappa shape index (κ1) is 8.87. The fourth-order valence-corrected chi connectivity index (χ4v) is 0.460. The van der Waals surface area contributed by atoms with Crippen molar-refractivity contribution in [3.63, 3.8) is 0 Å². The van der Waals surface area contributed by atoms with Crippen molar-refractivity contribution in [3.8, 4) is 0 Å². The molecule has 0 amide bonds. The van der Waals surface area contributed by atoms with Crippen LogP contribution in [0.3, 0.4) is 0 Å². The van der Waals surface area contributed by atoms with Crippen molar-refractivity contribution < 1.29 is 0 Å². The molecule has 0 aromatic carbocycles. The van der Waals surface area contributed by atoms with Gasteiger partial charge in [0.25, 0.3) is 0 Å². The van der Waals surface area contributed by atoms with E-state index in [1.807, 2.05) is 22.6 Å². The maximum atomic E-state index is 5.49. The van der Waals surface area contributed by atoms with Crippen LogP contribution in [0.2, 0.25) is 0 Å². The lowest BCUT2D eigenvalue weighted by Gasteiger charge is -2.00. The Morgan fingerprint density at radius 3 is 2.38 bits per heavy atom. The molecule has 2 N–H and O–H groups in total. The highest BCUT2D eigenvalue weighted by molar-refractivity contribution is 14.1. The van der Waals surface area contributed by atoms with Gasteiger partial charge in [-0.1, -0.05) is 11.6 Å². The zero-order valence-corrected chi connectivity index (χ0v) is 8.01. The third-order valence-electron chi connectivity index (χ3n) is 0.422. The monoisotopic (exact) mass is 264 g/mol. The second-order valence-corrected chi connectivity index (χ2v) is 3.53. The second-order valence-electron chi connectivity index (χ2n) is 0.984. The number of hydrazine groups is 1. The molecule has 0 unspecified atom stereocenters. The average molecular weight is 265 g/mol. The molecule has 0 spiro atoms. The average Bonchev–Trinajstić information content (AvgIpc) is 1.67. The summed E-state index contributed by atoms with van der Waals surface area (Å²) >= 11 is 11.4. The second kappa shape index (κ2) is 4.72. The van der Waals surface area contributed by atoms with E-state index in [1.54, 1.807) is 7.05 Å². The van der Waals surface area contributed by atoms with Gasteiger partial charge in [-0.3, -0.25) is 0 Å². The van der Waals surface area contributed by atoms with Crippen molar-refractivity contribution in [1.82, 2.24) is 10.9 Å². The van der Waals surface area contributed by atoms with Gasteiger partial charge < -0.3 is 5.43 Å². The predicted molar refractivity (Wildman–Crippen MR) is 48.1 cm³/mol. The van der Waals surface area contributed by atoms with Gasteiger partial charge in [-0.25, -0.2) is 5.43 Å². The van der Waals surface area contributed by atoms with Gasteiger partial charge >= 0.3 is 0 Å². The summed E-state index contributed by atoms with van der Waals surface area (Å²) in [6.45, 7) is 0. The summed E-state index contributed by atoms with van der Waals surface area (Å²) in [5.74, 6) is 0. The van der Waals surface area contributed by atoms with E-state index in [4.69, 9.17) is 11.6 Å². The number of hydrogen-bond donors (Lipinski definition) is 3. The summed E-state index contributed by atoms with van der Waals surface area (Å²) < 4.78 is 0.611. The highest BCUT2D eigenvalue weighted by Crippen LogP contribution is 2.16. The molecule has 0 aliphatic heterocycles. The molecule has 0 heterocycles. The molecule has 0 aliphatic rings. The highest BCUT2D eigenvalue weighted by Gasteiger charge is 1.90. The lowest BCUT2D eigenvalue weighted by molar-refractivity contribution is 0.722. The molecule has 0 atom stereocenters. The van der Waals surface area contributed by atoms with Crippen molar-refractivity contribution in [2.45, 2.75) is 0 Å². The number of rotatable bonds is 2. The van der Waals surface area contributed by atoms with Gasteiger partial charge in [-0.05, 0) is 22.6 Å². The number of hydrogen-bond acceptors (Lipinski definition) is 3. The molecule has 0 fully saturated rings. The lowest BCUT2D eigenvalue weighted by Crippen LogP contribution is -2.24. The fraction of sp³-hybridized carbons (Fsp3) is 0.333. The first-order valence-corrected chi connectivity index (χ1v) is 3.76. The minimum absolute atomic E-state index is 0.611. The normalized spacial score (nSPS) is 13.0. The summed E-state index contributed by atoms with van der Waals surface area (Å²) in [6, 6.07) is 0. The van der Waals surface area contributed by atoms with E-state index in [-0.39, 0.29) is 0 Å². The van der Waals surface area contributed by atoms with Gasteiger partial charge in [-0.2, -0.15) is 0 Å². The minimum Gasteiger partial charge on any atom is -0.315 e. The molecule has 0 bridgehead atoms. The molecular weight excluding hydrogens is 258 g/mol. The molecule has 0 aliphatic carbocycles. The van der Waals surface area contributed by atoms with Gasteiger partial charge in [0, 0.05) is 7.05 Å². The highest BCUT2D eigenvalue weighted by atomic mass is 127. The Balaban J connectivity index is 3.62. The van der Waals surface area contributed by atoms with Crippen LogP contribution >= 0.6 is 46.8 Å². The summed E-state index contributed by atoms with van der Waals surface area (Å²) in [4.78, 5) is 0. The van der Waals surface area contributed by atoms with Crippen molar-refractivity contribution in [3.05, 3.63) is 8.07 Å². The fourth-order valence-electron chi connectivity index (χ4n) is 0.166. The quantitative estimate of drug-likeness (QED) is 0.399. The summed E-state index contributed by atoms with van der Waals surface area (Å²) in [7, 11) is 1.74. The van der Waals surface area contributed by atoms with E-state index in [0.29, 0.717) is 8.07 Å². The van der Waals surface area contributed by atoms with Crippen molar-refractivity contribution in [2.75, 3.05) is 7.05 Å². The lowest BCUT2D eigenvalue weighted by atomic mass is 11.0. The molecule has 0 rings (SSSR count). The van der Waals surface area contributed by atoms with Gasteiger partial charge in [0.1, 0.15) is 8.07 Å². The molecule has 0 aromatic heterocycles. The van der Waals surface area contributed by atoms with E-state index in [9.17, 15) is 0 Å². The van der Waals surface area contributed by atoms with E-state index in [2.05, 4.69) is 23.5 Å². The molecule has 0 aromatic rings. The zero-order valence-electron chi connectivity index (χ0n) is 4.20. The molecule has 8 heavy (non-hydrogen) atoms. The van der Waals surface area contributed by atoms with E-state index >= 15 is 0 Å². The van der Waals surface area contributed by atoms with Crippen LogP contribution in [-0.2, 0) is 0 Å². The molecule has 48 valence electrons. The summed E-state index contributed by atoms with van der Waals surface area (Å²) in [6.07, 6.45) is 0. The maximum absolute atomic E-state index is 5.49. The van der Waals surface area contributed by atoms with E-state index < -0.39 is 0 Å². The number of thiol groups is 1. The first-order chi connectivity index (χ1) is 3.68. The Bertz CT molecular complexity index is 101. The molecule has 2 nitrogen and oxygen atoms in total. The molecule has 5 heteroatoms. The largest absolute Gasteiger partial charge is 0.315 e. The van der Waals surface area contributed by atoms with Crippen LogP contribution in [-0.4, -0.2) is 7.05 Å². The van der Waals surface area contributed by atoms with Crippen molar-refractivity contribution >= 4 is 46.8 Å². The Hall–Kier alpha value is 0.870. The van der Waals surface area contributed by atoms with Crippen LogP contribution < -0.4 is 10.9 Å². The van der Waals surface area contributed by atoms with E-state index in [0.717, 1.165) is 0 Å². The molecule has 0 saturated heterocycles. The van der Waals surface area contributed by atoms with Crippen LogP contribution in [0.5, 0.6) is 0 Å². The van der Waals surface area contributed by atoms with Crippen LogP contribution in [0.25, 0.3) is 0 Å². The first-order valence-electron chi connectivity index (χ1n) is 1.85. The SMILES string of the molecule is CNN/C(S)=C(/Cl)I. The standard InChI is InChI=1S/C3H6ClIN2S/c1-6-7-3(8)2(4)5/h6-8H,1H3/b3-2+. The molecule has 0 saturated carbocycles. The van der Waals surface area contributed by atoms with Crippen molar-refractivity contribution in [1.29, 1.82) is 0 Å². The van der Waals surface area contributed by atoms with Crippen molar-refractivity contribution in [2.24, 2.45) is 0 Å². The Morgan fingerprint density at radius 2 is 2.25 bits per heavy atom. The van der Waals surface area contributed by atoms with Crippen LogP contribution in [0, 0.1) is 0 Å². The van der Waals surface area contributed by atoms with Gasteiger partial charge in [0.05, 0.1) is 0 Å². The summed E-state index contributed by atoms with van der Waals surface area (Å²) in [5, 5.41) is 0.634. The molecular formula is C3H6ClIN2S. The number of nitrogens with one attached hydrogen (secondary N) is 2. The molecule has 0 radical (unpaired) electrons. The zero-order chi connectivity index (χ0) is 6.57. The third kappa shape index (κ3) is 3.82. The van der Waals surface area contributed by atoms with Gasteiger partial charge in [0.2, 0.25) is 0 Å². The number of halogens is 2. The Kier molecular flexibility index (Phi) is 5.23. The summed E-state index contributed by atoms with van der Waals surface area (Å²) in [5.41, 5.74) is 5.37. The predicted octanol–water partition coefficient (Wildman–Crippen LogP) is 1.44. The Morgan fingerprint density at radius 1 is 1.75 bits per heavy atom. The van der Waals surface area contributed by atoms with Crippen LogP contribution in [0.1, 0.15) is 0 Å². The third-order valence-corrected chi connectivity index (χ3v) is 2.04. The maximum Gasteiger partial charge on any atom is 0.110 e. The topological polar surface area (TPSA) is 24.1 Å². The van der Waals surface area contributed by atoms with Gasteiger partial charge in [-0.15, -0.1) is 12.6 Å².